The Kier molecular flexibility index (Phi) is 6.75. The van der Waals surface area contributed by atoms with Crippen LogP contribution in [-0.4, -0.2) is 29.1 Å². The van der Waals surface area contributed by atoms with Gasteiger partial charge in [-0.15, -0.1) is 0 Å². The molecule has 0 atom stereocenters. The quantitative estimate of drug-likeness (QED) is 0.343. The van der Waals surface area contributed by atoms with Gasteiger partial charge in [0.1, 0.15) is 5.75 Å². The van der Waals surface area contributed by atoms with Gasteiger partial charge >= 0.3 is 0 Å². The summed E-state index contributed by atoms with van der Waals surface area (Å²) in [4.78, 5) is 23.6. The number of rotatable bonds is 5. The number of anilines is 1. The highest BCUT2D eigenvalue weighted by molar-refractivity contribution is 8.18. The number of nitrogens with zero attached hydrogens (tertiary/aromatic N) is 3. The maximum atomic E-state index is 13.6. The average molecular weight is 510 g/mol. The lowest BCUT2D eigenvalue weighted by Crippen LogP contribution is -2.40. The lowest BCUT2D eigenvalue weighted by Gasteiger charge is -2.30. The molecule has 0 radical (unpaired) electrons. The van der Waals surface area contributed by atoms with Crippen molar-refractivity contribution in [3.63, 3.8) is 0 Å². The Morgan fingerprint density at radius 1 is 0.892 bits per heavy atom. The van der Waals surface area contributed by atoms with Crippen LogP contribution in [0.1, 0.15) is 48.8 Å². The van der Waals surface area contributed by atoms with E-state index in [1.165, 1.54) is 35.0 Å². The van der Waals surface area contributed by atoms with Gasteiger partial charge in [0.25, 0.3) is 5.91 Å². The van der Waals surface area contributed by atoms with E-state index in [0.717, 1.165) is 65.8 Å². The van der Waals surface area contributed by atoms with Crippen LogP contribution < -0.4 is 9.64 Å². The molecule has 37 heavy (non-hydrogen) atoms. The summed E-state index contributed by atoms with van der Waals surface area (Å²) in [6.45, 7) is 1.87. The molecule has 0 bridgehead atoms. The van der Waals surface area contributed by atoms with Crippen LogP contribution >= 0.6 is 11.8 Å². The zero-order chi connectivity index (χ0) is 25.2. The monoisotopic (exact) mass is 509 g/mol. The van der Waals surface area contributed by atoms with Crippen LogP contribution in [0.5, 0.6) is 5.75 Å². The van der Waals surface area contributed by atoms with Gasteiger partial charge in [0.05, 0.1) is 17.7 Å². The van der Waals surface area contributed by atoms with Crippen LogP contribution in [0.4, 0.5) is 11.4 Å². The SMILES string of the molecule is COc1ccc(N=C2SC(=Cc3ccc(N4Cc5ccccc5C4)cc3)C(=O)N2C2CCCCC2)cc1. The molecule has 1 saturated heterocycles. The molecule has 3 aromatic carbocycles. The van der Waals surface area contributed by atoms with Crippen molar-refractivity contribution in [1.29, 1.82) is 0 Å². The maximum absolute atomic E-state index is 13.6. The molecule has 2 fully saturated rings. The fourth-order valence-electron chi connectivity index (χ4n) is 5.44. The molecule has 2 heterocycles. The third kappa shape index (κ3) is 5.03. The van der Waals surface area contributed by atoms with Crippen molar-refractivity contribution in [2.45, 2.75) is 51.2 Å². The number of carbonyl (C=O) groups is 1. The Morgan fingerprint density at radius 2 is 1.57 bits per heavy atom. The van der Waals surface area contributed by atoms with Crippen molar-refractivity contribution in [1.82, 2.24) is 4.90 Å². The summed E-state index contributed by atoms with van der Waals surface area (Å²) in [7, 11) is 1.66. The fourth-order valence-corrected chi connectivity index (χ4v) is 6.50. The number of methoxy groups -OCH3 is 1. The van der Waals surface area contributed by atoms with Gasteiger partial charge in [-0.05, 0) is 83.8 Å². The summed E-state index contributed by atoms with van der Waals surface area (Å²) in [5.74, 6) is 0.869. The predicted molar refractivity (Wildman–Crippen MR) is 152 cm³/mol. The maximum Gasteiger partial charge on any atom is 0.267 e. The molecule has 0 unspecified atom stereocenters. The van der Waals surface area contributed by atoms with Crippen LogP contribution in [0.25, 0.3) is 6.08 Å². The third-order valence-electron chi connectivity index (χ3n) is 7.47. The van der Waals surface area contributed by atoms with Gasteiger partial charge in [0, 0.05) is 24.8 Å². The minimum absolute atomic E-state index is 0.0724. The smallest absolute Gasteiger partial charge is 0.267 e. The lowest BCUT2D eigenvalue weighted by molar-refractivity contribution is -0.124. The standard InChI is InChI=1S/C31H31N3O2S/c1-36-28-17-13-25(14-18-28)32-31-34(27-9-3-2-4-10-27)30(35)29(37-31)19-22-11-15-26(16-12-22)33-20-23-7-5-6-8-24(23)21-33/h5-8,11-19,27H,2-4,9-10,20-21H2,1H3. The second-order valence-corrected chi connectivity index (χ2v) is 10.9. The van der Waals surface area contributed by atoms with Gasteiger partial charge in [-0.25, -0.2) is 4.99 Å². The molecule has 1 aliphatic carbocycles. The van der Waals surface area contributed by atoms with Crippen molar-refractivity contribution in [2.24, 2.45) is 4.99 Å². The minimum Gasteiger partial charge on any atom is -0.497 e. The molecule has 6 rings (SSSR count). The Balaban J connectivity index is 1.24. The van der Waals surface area contributed by atoms with Gasteiger partial charge in [-0.3, -0.25) is 9.69 Å². The number of amides is 1. The molecular formula is C31H31N3O2S. The zero-order valence-corrected chi connectivity index (χ0v) is 21.9. The van der Waals surface area contributed by atoms with Crippen molar-refractivity contribution in [3.05, 3.63) is 94.4 Å². The molecule has 6 heteroatoms. The first-order valence-corrected chi connectivity index (χ1v) is 13.9. The number of carbonyl (C=O) groups excluding carboxylic acids is 1. The number of aliphatic imine (C=N–C) groups is 1. The molecule has 0 N–H and O–H groups in total. The second kappa shape index (κ2) is 10.5. The highest BCUT2D eigenvalue weighted by atomic mass is 32.2. The number of thioether (sulfide) groups is 1. The first-order valence-electron chi connectivity index (χ1n) is 13.1. The first-order chi connectivity index (χ1) is 18.2. The predicted octanol–water partition coefficient (Wildman–Crippen LogP) is 7.15. The second-order valence-electron chi connectivity index (χ2n) is 9.89. The van der Waals surface area contributed by atoms with Crippen LogP contribution in [0, 0.1) is 0 Å². The number of ether oxygens (including phenoxy) is 1. The molecule has 3 aromatic rings. The Hall–Kier alpha value is -3.51. The molecule has 2 aliphatic heterocycles. The summed E-state index contributed by atoms with van der Waals surface area (Å²) >= 11 is 1.49. The Bertz CT molecular complexity index is 1320. The van der Waals surface area contributed by atoms with Crippen molar-refractivity contribution in [2.75, 3.05) is 12.0 Å². The van der Waals surface area contributed by atoms with E-state index >= 15 is 0 Å². The van der Waals surface area contributed by atoms with Crippen LogP contribution in [0.2, 0.25) is 0 Å². The Labute approximate surface area is 222 Å². The van der Waals surface area contributed by atoms with E-state index < -0.39 is 0 Å². The van der Waals surface area contributed by atoms with E-state index in [9.17, 15) is 4.79 Å². The third-order valence-corrected chi connectivity index (χ3v) is 8.45. The van der Waals surface area contributed by atoms with Crippen LogP contribution in [0.3, 0.4) is 0 Å². The molecule has 3 aliphatic rings. The van der Waals surface area contributed by atoms with E-state index in [2.05, 4.69) is 53.4 Å². The summed E-state index contributed by atoms with van der Waals surface area (Å²) < 4.78 is 5.28. The highest BCUT2D eigenvalue weighted by Crippen LogP contribution is 2.39. The zero-order valence-electron chi connectivity index (χ0n) is 21.1. The number of amidine groups is 1. The van der Waals surface area contributed by atoms with Crippen LogP contribution in [-0.2, 0) is 17.9 Å². The van der Waals surface area contributed by atoms with E-state index in [-0.39, 0.29) is 11.9 Å². The molecular weight excluding hydrogens is 478 g/mol. The largest absolute Gasteiger partial charge is 0.497 e. The lowest BCUT2D eigenvalue weighted by atomic mass is 9.94. The molecule has 188 valence electrons. The molecule has 1 amide bonds. The van der Waals surface area contributed by atoms with E-state index in [1.54, 1.807) is 7.11 Å². The van der Waals surface area contributed by atoms with Gasteiger partial charge in [-0.1, -0.05) is 55.7 Å². The van der Waals surface area contributed by atoms with E-state index in [0.29, 0.717) is 0 Å². The van der Waals surface area contributed by atoms with Gasteiger partial charge < -0.3 is 9.64 Å². The van der Waals surface area contributed by atoms with Gasteiger partial charge in [-0.2, -0.15) is 0 Å². The molecule has 0 spiro atoms. The fraction of sp³-hybridized carbons (Fsp3) is 0.290. The van der Waals surface area contributed by atoms with E-state index in [4.69, 9.17) is 9.73 Å². The average Bonchev–Trinajstić information content (AvgIpc) is 3.51. The van der Waals surface area contributed by atoms with Gasteiger partial charge in [0.15, 0.2) is 5.17 Å². The number of fused-ring (bicyclic) bond motifs is 1. The summed E-state index contributed by atoms with van der Waals surface area (Å²) in [6.07, 6.45) is 7.66. The van der Waals surface area contributed by atoms with Crippen molar-refractivity contribution in [3.8, 4) is 5.75 Å². The topological polar surface area (TPSA) is 45.1 Å². The molecule has 0 aromatic heterocycles. The summed E-state index contributed by atoms with van der Waals surface area (Å²) in [6, 6.07) is 25.1. The van der Waals surface area contributed by atoms with Crippen molar-refractivity contribution < 1.29 is 9.53 Å². The Morgan fingerprint density at radius 3 is 2.22 bits per heavy atom. The highest BCUT2D eigenvalue weighted by Gasteiger charge is 2.38. The minimum atomic E-state index is 0.0724. The van der Waals surface area contributed by atoms with E-state index in [1.807, 2.05) is 35.2 Å². The normalized spacial score (nSPS) is 20.2. The number of benzene rings is 3. The van der Waals surface area contributed by atoms with Crippen LogP contribution in [0.15, 0.2) is 82.7 Å². The summed E-state index contributed by atoms with van der Waals surface area (Å²) in [5, 5.41) is 0.778. The van der Waals surface area contributed by atoms with Crippen molar-refractivity contribution >= 4 is 40.3 Å². The number of hydrogen-bond acceptors (Lipinski definition) is 5. The summed E-state index contributed by atoms with van der Waals surface area (Å²) in [5.41, 5.74) is 5.86. The van der Waals surface area contributed by atoms with Gasteiger partial charge in [0.2, 0.25) is 0 Å². The first kappa shape index (κ1) is 23.9. The number of hydrogen-bond donors (Lipinski definition) is 0. The molecule has 1 saturated carbocycles. The molecule has 5 nitrogen and oxygen atoms in total.